The molecule has 0 aromatic heterocycles. The maximum absolute atomic E-state index is 6.12. The van der Waals surface area contributed by atoms with E-state index < -0.39 is 0 Å². The van der Waals surface area contributed by atoms with Gasteiger partial charge >= 0.3 is 0 Å². The Balaban J connectivity index is 1.87. The highest BCUT2D eigenvalue weighted by Crippen LogP contribution is 2.59. The molecule has 0 radical (unpaired) electrons. The van der Waals surface area contributed by atoms with E-state index in [1.807, 2.05) is 0 Å². The Hall–Kier alpha value is -0.0800. The van der Waals surface area contributed by atoms with Crippen LogP contribution in [-0.4, -0.2) is 19.0 Å². The lowest BCUT2D eigenvalue weighted by Crippen LogP contribution is -2.60. The maximum Gasteiger partial charge on any atom is 0.173 e. The van der Waals surface area contributed by atoms with E-state index in [2.05, 4.69) is 13.8 Å². The fourth-order valence-electron chi connectivity index (χ4n) is 4.81. The van der Waals surface area contributed by atoms with Crippen molar-refractivity contribution in [1.82, 2.24) is 0 Å². The molecule has 0 aliphatic heterocycles. The zero-order valence-corrected chi connectivity index (χ0v) is 10.6. The summed E-state index contributed by atoms with van der Waals surface area (Å²) in [6.07, 6.45) is 6.90. The van der Waals surface area contributed by atoms with Crippen molar-refractivity contribution in [2.45, 2.75) is 51.7 Å². The third kappa shape index (κ3) is 1.46. The smallest absolute Gasteiger partial charge is 0.173 e. The summed E-state index contributed by atoms with van der Waals surface area (Å²) in [5, 5.41) is 0. The Bertz CT molecular complexity index is 225. The SMILES string of the molecule is CCOC1(OCC)C2CC3CC(C2)CC1C3. The van der Waals surface area contributed by atoms with Gasteiger partial charge in [-0.15, -0.1) is 0 Å². The molecule has 4 saturated carbocycles. The summed E-state index contributed by atoms with van der Waals surface area (Å²) in [4.78, 5) is 0. The second-order valence-corrected chi connectivity index (χ2v) is 5.89. The lowest BCUT2D eigenvalue weighted by atomic mass is 9.53. The van der Waals surface area contributed by atoms with Crippen LogP contribution < -0.4 is 0 Å². The zero-order valence-electron chi connectivity index (χ0n) is 10.6. The first kappa shape index (κ1) is 11.0. The number of ether oxygens (including phenoxy) is 2. The predicted molar refractivity (Wildman–Crippen MR) is 63.0 cm³/mol. The average molecular weight is 224 g/mol. The molecule has 0 amide bonds. The second-order valence-electron chi connectivity index (χ2n) is 5.89. The van der Waals surface area contributed by atoms with E-state index in [9.17, 15) is 0 Å². The first-order valence-electron chi connectivity index (χ1n) is 7.06. The monoisotopic (exact) mass is 224 g/mol. The molecular weight excluding hydrogens is 200 g/mol. The Labute approximate surface area is 98.7 Å². The van der Waals surface area contributed by atoms with Gasteiger partial charge in [0, 0.05) is 25.0 Å². The Morgan fingerprint density at radius 1 is 0.812 bits per heavy atom. The summed E-state index contributed by atoms with van der Waals surface area (Å²) in [7, 11) is 0. The van der Waals surface area contributed by atoms with Crippen molar-refractivity contribution in [3.8, 4) is 0 Å². The van der Waals surface area contributed by atoms with Crippen LogP contribution in [-0.2, 0) is 9.47 Å². The highest BCUT2D eigenvalue weighted by Gasteiger charge is 2.58. The second kappa shape index (κ2) is 3.99. The summed E-state index contributed by atoms with van der Waals surface area (Å²) in [5.74, 6) is 3.14. The molecule has 4 aliphatic carbocycles. The molecule has 4 aliphatic rings. The summed E-state index contributed by atoms with van der Waals surface area (Å²) in [6, 6.07) is 0. The molecule has 0 spiro atoms. The van der Waals surface area contributed by atoms with E-state index in [1.54, 1.807) is 0 Å². The molecule has 0 aromatic carbocycles. The lowest BCUT2D eigenvalue weighted by Gasteiger charge is -2.59. The van der Waals surface area contributed by atoms with Crippen LogP contribution in [0, 0.1) is 23.7 Å². The van der Waals surface area contributed by atoms with Crippen LogP contribution in [0.25, 0.3) is 0 Å². The molecule has 2 nitrogen and oxygen atoms in total. The third-order valence-corrected chi connectivity index (χ3v) is 5.02. The van der Waals surface area contributed by atoms with Gasteiger partial charge in [0.2, 0.25) is 0 Å². The molecule has 0 aromatic rings. The van der Waals surface area contributed by atoms with Crippen molar-refractivity contribution in [3.05, 3.63) is 0 Å². The van der Waals surface area contributed by atoms with Gasteiger partial charge in [-0.1, -0.05) is 0 Å². The van der Waals surface area contributed by atoms with Gasteiger partial charge in [-0.05, 0) is 57.8 Å². The summed E-state index contributed by atoms with van der Waals surface area (Å²) in [6.45, 7) is 5.79. The summed E-state index contributed by atoms with van der Waals surface area (Å²) < 4.78 is 12.2. The number of hydrogen-bond acceptors (Lipinski definition) is 2. The van der Waals surface area contributed by atoms with Crippen molar-refractivity contribution < 1.29 is 9.47 Å². The predicted octanol–water partition coefficient (Wildman–Crippen LogP) is 3.21. The molecule has 0 unspecified atom stereocenters. The minimum Gasteiger partial charge on any atom is -0.350 e. The van der Waals surface area contributed by atoms with Gasteiger partial charge in [0.25, 0.3) is 0 Å². The molecule has 0 heterocycles. The highest BCUT2D eigenvalue weighted by atomic mass is 16.7. The van der Waals surface area contributed by atoms with Crippen molar-refractivity contribution >= 4 is 0 Å². The van der Waals surface area contributed by atoms with E-state index in [4.69, 9.17) is 9.47 Å². The van der Waals surface area contributed by atoms with E-state index in [-0.39, 0.29) is 5.79 Å². The van der Waals surface area contributed by atoms with Crippen LogP contribution in [0.5, 0.6) is 0 Å². The van der Waals surface area contributed by atoms with Crippen molar-refractivity contribution in [2.75, 3.05) is 13.2 Å². The van der Waals surface area contributed by atoms with Gasteiger partial charge in [-0.3, -0.25) is 0 Å². The lowest BCUT2D eigenvalue weighted by molar-refractivity contribution is -0.336. The minimum atomic E-state index is -0.197. The maximum atomic E-state index is 6.12. The van der Waals surface area contributed by atoms with E-state index in [1.165, 1.54) is 32.1 Å². The first-order valence-corrected chi connectivity index (χ1v) is 7.06. The van der Waals surface area contributed by atoms with Gasteiger partial charge in [-0.25, -0.2) is 0 Å². The molecule has 0 saturated heterocycles. The minimum absolute atomic E-state index is 0.197. The molecule has 92 valence electrons. The number of rotatable bonds is 4. The largest absolute Gasteiger partial charge is 0.350 e. The fourth-order valence-corrected chi connectivity index (χ4v) is 4.81. The van der Waals surface area contributed by atoms with Gasteiger partial charge < -0.3 is 9.47 Å². The van der Waals surface area contributed by atoms with Crippen LogP contribution in [0.15, 0.2) is 0 Å². The molecular formula is C14H24O2. The Morgan fingerprint density at radius 3 is 1.62 bits per heavy atom. The standard InChI is InChI=1S/C14H24O2/c1-3-15-14(16-4-2)12-6-10-5-11(8-12)9-13(14)7-10/h10-13H,3-9H2,1-2H3. The molecule has 4 rings (SSSR count). The molecule has 0 N–H and O–H groups in total. The zero-order chi connectivity index (χ0) is 11.2. The van der Waals surface area contributed by atoms with Crippen molar-refractivity contribution in [3.63, 3.8) is 0 Å². The van der Waals surface area contributed by atoms with Gasteiger partial charge in [0.1, 0.15) is 0 Å². The molecule has 16 heavy (non-hydrogen) atoms. The summed E-state index contributed by atoms with van der Waals surface area (Å²) in [5.41, 5.74) is 0. The van der Waals surface area contributed by atoms with Gasteiger partial charge in [0.05, 0.1) is 0 Å². The van der Waals surface area contributed by atoms with Gasteiger partial charge in [-0.2, -0.15) is 0 Å². The van der Waals surface area contributed by atoms with Gasteiger partial charge in [0.15, 0.2) is 5.79 Å². The van der Waals surface area contributed by atoms with E-state index >= 15 is 0 Å². The molecule has 4 bridgehead atoms. The van der Waals surface area contributed by atoms with Crippen LogP contribution in [0.2, 0.25) is 0 Å². The third-order valence-electron chi connectivity index (χ3n) is 5.02. The van der Waals surface area contributed by atoms with E-state index in [0.29, 0.717) is 11.8 Å². The quantitative estimate of drug-likeness (QED) is 0.683. The highest BCUT2D eigenvalue weighted by molar-refractivity contribution is 5.03. The number of hydrogen-bond donors (Lipinski definition) is 0. The van der Waals surface area contributed by atoms with Crippen LogP contribution >= 0.6 is 0 Å². The molecule has 4 fully saturated rings. The normalized spacial score (nSPS) is 43.9. The van der Waals surface area contributed by atoms with Crippen molar-refractivity contribution in [1.29, 1.82) is 0 Å². The summed E-state index contributed by atoms with van der Waals surface area (Å²) >= 11 is 0. The molecule has 2 heteroatoms. The average Bonchev–Trinajstić information content (AvgIpc) is 2.25. The van der Waals surface area contributed by atoms with Crippen LogP contribution in [0.3, 0.4) is 0 Å². The Kier molecular flexibility index (Phi) is 2.75. The van der Waals surface area contributed by atoms with E-state index in [0.717, 1.165) is 25.0 Å². The topological polar surface area (TPSA) is 18.5 Å². The Morgan fingerprint density at radius 2 is 1.25 bits per heavy atom. The van der Waals surface area contributed by atoms with Crippen LogP contribution in [0.1, 0.15) is 46.0 Å². The van der Waals surface area contributed by atoms with Crippen LogP contribution in [0.4, 0.5) is 0 Å². The van der Waals surface area contributed by atoms with Crippen molar-refractivity contribution in [2.24, 2.45) is 23.7 Å². The fraction of sp³-hybridized carbons (Fsp3) is 1.00. The molecule has 0 atom stereocenters. The first-order chi connectivity index (χ1) is 7.78.